The maximum Gasteiger partial charge on any atom is 0.227 e. The van der Waals surface area contributed by atoms with Crippen LogP contribution in [0.3, 0.4) is 0 Å². The van der Waals surface area contributed by atoms with Gasteiger partial charge in [-0.1, -0.05) is 98.8 Å². The van der Waals surface area contributed by atoms with Crippen molar-refractivity contribution in [2.24, 2.45) is 0 Å². The molecule has 4 heteroatoms. The highest BCUT2D eigenvalue weighted by Gasteiger charge is 2.36. The summed E-state index contributed by atoms with van der Waals surface area (Å²) >= 11 is 0. The van der Waals surface area contributed by atoms with Gasteiger partial charge in [0.25, 0.3) is 0 Å². The highest BCUT2D eigenvalue weighted by atomic mass is 16.4. The van der Waals surface area contributed by atoms with Gasteiger partial charge in [0.2, 0.25) is 5.89 Å². The topological polar surface area (TPSA) is 42.4 Å². The summed E-state index contributed by atoms with van der Waals surface area (Å²) in [5.41, 5.74) is 12.1. The molecule has 0 aliphatic heterocycles. The third-order valence-electron chi connectivity index (χ3n) is 9.08. The normalized spacial score (nSPS) is 13.4. The molecule has 44 heavy (non-hydrogen) atoms. The van der Waals surface area contributed by atoms with Gasteiger partial charge in [0.1, 0.15) is 16.7 Å². The second kappa shape index (κ2) is 9.19. The number of hydrogen-bond acceptors (Lipinski definition) is 4. The van der Waals surface area contributed by atoms with Gasteiger partial charge in [-0.3, -0.25) is 0 Å². The lowest BCUT2D eigenvalue weighted by atomic mass is 9.82. The van der Waals surface area contributed by atoms with Crippen LogP contribution in [0.25, 0.3) is 55.6 Å². The van der Waals surface area contributed by atoms with Crippen molar-refractivity contribution >= 4 is 50.1 Å². The molecule has 210 valence electrons. The monoisotopic (exact) mass is 568 g/mol. The molecule has 0 amide bonds. The quantitative estimate of drug-likeness (QED) is 0.212. The van der Waals surface area contributed by atoms with Crippen molar-refractivity contribution in [2.75, 3.05) is 4.90 Å². The van der Waals surface area contributed by atoms with Crippen LogP contribution in [0.2, 0.25) is 0 Å². The van der Waals surface area contributed by atoms with Crippen LogP contribution in [0.15, 0.2) is 142 Å². The Morgan fingerprint density at radius 2 is 1.27 bits per heavy atom. The lowest BCUT2D eigenvalue weighted by molar-refractivity contribution is 0.617. The van der Waals surface area contributed by atoms with Gasteiger partial charge in [0, 0.05) is 33.8 Å². The van der Waals surface area contributed by atoms with Crippen molar-refractivity contribution in [3.8, 4) is 22.6 Å². The van der Waals surface area contributed by atoms with E-state index in [4.69, 9.17) is 13.8 Å². The highest BCUT2D eigenvalue weighted by Crippen LogP contribution is 2.52. The van der Waals surface area contributed by atoms with Crippen LogP contribution in [0.5, 0.6) is 0 Å². The van der Waals surface area contributed by atoms with Gasteiger partial charge in [-0.25, -0.2) is 4.98 Å². The Hall–Kier alpha value is -5.61. The largest absolute Gasteiger partial charge is 0.456 e. The zero-order chi connectivity index (χ0) is 29.4. The average molecular weight is 569 g/mol. The van der Waals surface area contributed by atoms with Crippen LogP contribution in [0.4, 0.5) is 17.1 Å². The summed E-state index contributed by atoms with van der Waals surface area (Å²) in [6.45, 7) is 4.64. The molecule has 0 bridgehead atoms. The number of para-hydroxylation sites is 2. The maximum atomic E-state index is 6.47. The number of aromatic nitrogens is 1. The SMILES string of the molecule is CC1(C)c2ccccc2-c2ccc(N(c3ccccc3)c3c4nc(-c5ccccc5)oc4cc4oc5ccccc5c34)cc21. The molecular formula is C40H28N2O2. The van der Waals surface area contributed by atoms with Crippen LogP contribution in [-0.4, -0.2) is 4.98 Å². The number of oxazole rings is 1. The Labute approximate surface area is 254 Å². The molecule has 0 fully saturated rings. The predicted molar refractivity (Wildman–Crippen MR) is 179 cm³/mol. The van der Waals surface area contributed by atoms with Gasteiger partial charge in [0.05, 0.1) is 11.1 Å². The van der Waals surface area contributed by atoms with Crippen molar-refractivity contribution in [3.05, 3.63) is 145 Å². The van der Waals surface area contributed by atoms with Gasteiger partial charge in [-0.15, -0.1) is 0 Å². The zero-order valence-electron chi connectivity index (χ0n) is 24.4. The fourth-order valence-corrected chi connectivity index (χ4v) is 6.98. The number of rotatable bonds is 4. The first-order chi connectivity index (χ1) is 21.6. The van der Waals surface area contributed by atoms with Gasteiger partial charge in [-0.2, -0.15) is 0 Å². The van der Waals surface area contributed by atoms with Crippen LogP contribution >= 0.6 is 0 Å². The lowest BCUT2D eigenvalue weighted by Gasteiger charge is -2.28. The summed E-state index contributed by atoms with van der Waals surface area (Å²) in [6, 6.07) is 46.4. The Morgan fingerprint density at radius 3 is 2.11 bits per heavy atom. The number of benzene rings is 6. The molecule has 0 spiro atoms. The Morgan fingerprint density at radius 1 is 0.568 bits per heavy atom. The van der Waals surface area contributed by atoms with Crippen molar-refractivity contribution in [1.29, 1.82) is 0 Å². The van der Waals surface area contributed by atoms with E-state index in [1.165, 1.54) is 22.3 Å². The molecule has 0 saturated heterocycles. The molecule has 0 atom stereocenters. The van der Waals surface area contributed by atoms with Crippen molar-refractivity contribution in [3.63, 3.8) is 0 Å². The Bertz CT molecular complexity index is 2360. The first kappa shape index (κ1) is 24.9. The van der Waals surface area contributed by atoms with Gasteiger partial charge < -0.3 is 13.7 Å². The van der Waals surface area contributed by atoms with Crippen LogP contribution in [-0.2, 0) is 5.41 Å². The molecule has 0 radical (unpaired) electrons. The molecule has 0 N–H and O–H groups in total. The Kier molecular flexibility index (Phi) is 5.21. The minimum absolute atomic E-state index is 0.137. The summed E-state index contributed by atoms with van der Waals surface area (Å²) in [6.07, 6.45) is 0. The minimum Gasteiger partial charge on any atom is -0.456 e. The summed E-state index contributed by atoms with van der Waals surface area (Å²) in [5.74, 6) is 0.581. The van der Waals surface area contributed by atoms with Crippen molar-refractivity contribution in [1.82, 2.24) is 4.98 Å². The second-order valence-electron chi connectivity index (χ2n) is 12.0. The van der Waals surface area contributed by atoms with Crippen molar-refractivity contribution < 1.29 is 8.83 Å². The standard InChI is InChI=1S/C40H28N2O2/c1-40(2)31-19-11-9-17-28(31)29-22-21-27(23-32(29)40)42(26-15-7-4-8-16-26)38-36-30-18-10-12-20-33(30)43-34(36)24-35-37(38)41-39(44-35)25-13-5-3-6-14-25/h3-24H,1-2H3. The van der Waals surface area contributed by atoms with Gasteiger partial charge in [-0.05, 0) is 64.7 Å². The van der Waals surface area contributed by atoms with E-state index in [1.54, 1.807) is 0 Å². The number of nitrogens with zero attached hydrogens (tertiary/aromatic N) is 2. The lowest BCUT2D eigenvalue weighted by Crippen LogP contribution is -2.16. The maximum absolute atomic E-state index is 6.47. The molecule has 0 saturated carbocycles. The summed E-state index contributed by atoms with van der Waals surface area (Å²) in [4.78, 5) is 7.50. The third-order valence-corrected chi connectivity index (χ3v) is 9.08. The number of fused-ring (bicyclic) bond motifs is 7. The van der Waals surface area contributed by atoms with Crippen LogP contribution in [0, 0.1) is 0 Å². The molecule has 6 aromatic carbocycles. The van der Waals surface area contributed by atoms with E-state index in [0.29, 0.717) is 11.5 Å². The molecule has 9 rings (SSSR count). The van der Waals surface area contributed by atoms with E-state index < -0.39 is 0 Å². The summed E-state index contributed by atoms with van der Waals surface area (Å²) in [5, 5.41) is 2.05. The van der Waals surface area contributed by atoms with Gasteiger partial charge >= 0.3 is 0 Å². The fraction of sp³-hybridized carbons (Fsp3) is 0.0750. The van der Waals surface area contributed by atoms with Crippen LogP contribution < -0.4 is 4.90 Å². The first-order valence-electron chi connectivity index (χ1n) is 15.0. The molecule has 2 heterocycles. The molecule has 8 aromatic rings. The van der Waals surface area contributed by atoms with E-state index in [2.05, 4.69) is 104 Å². The van der Waals surface area contributed by atoms with E-state index in [0.717, 1.165) is 50.1 Å². The first-order valence-corrected chi connectivity index (χ1v) is 15.0. The van der Waals surface area contributed by atoms with E-state index in [-0.39, 0.29) is 5.41 Å². The van der Waals surface area contributed by atoms with Gasteiger partial charge in [0.15, 0.2) is 5.58 Å². The minimum atomic E-state index is -0.137. The third kappa shape index (κ3) is 3.54. The molecular weight excluding hydrogens is 540 g/mol. The Balaban J connectivity index is 1.38. The fourth-order valence-electron chi connectivity index (χ4n) is 6.98. The number of hydrogen-bond donors (Lipinski definition) is 0. The number of furan rings is 1. The zero-order valence-corrected chi connectivity index (χ0v) is 24.4. The average Bonchev–Trinajstić information content (AvgIpc) is 3.73. The molecule has 0 unspecified atom stereocenters. The van der Waals surface area contributed by atoms with E-state index in [1.807, 2.05) is 48.5 Å². The number of anilines is 3. The van der Waals surface area contributed by atoms with E-state index >= 15 is 0 Å². The van der Waals surface area contributed by atoms with E-state index in [9.17, 15) is 0 Å². The smallest absolute Gasteiger partial charge is 0.227 e. The molecule has 4 nitrogen and oxygen atoms in total. The highest BCUT2D eigenvalue weighted by molar-refractivity contribution is 6.20. The summed E-state index contributed by atoms with van der Waals surface area (Å²) < 4.78 is 12.9. The second-order valence-corrected chi connectivity index (χ2v) is 12.0. The van der Waals surface area contributed by atoms with Crippen molar-refractivity contribution in [2.45, 2.75) is 19.3 Å². The molecule has 2 aromatic heterocycles. The predicted octanol–water partition coefficient (Wildman–Crippen LogP) is 11.2. The summed E-state index contributed by atoms with van der Waals surface area (Å²) in [7, 11) is 0. The molecule has 1 aliphatic rings. The van der Waals surface area contributed by atoms with Crippen LogP contribution in [0.1, 0.15) is 25.0 Å². The molecule has 1 aliphatic carbocycles.